The maximum absolute atomic E-state index is 13.0. The summed E-state index contributed by atoms with van der Waals surface area (Å²) in [5.41, 5.74) is 0.00563. The first kappa shape index (κ1) is 26.2. The number of nitrogens with one attached hydrogen (secondary N) is 1. The van der Waals surface area contributed by atoms with Gasteiger partial charge >= 0.3 is 18.1 Å². The van der Waals surface area contributed by atoms with Crippen LogP contribution in [0.15, 0.2) is 60.7 Å². The monoisotopic (exact) mass is 487 g/mol. The van der Waals surface area contributed by atoms with Crippen molar-refractivity contribution in [2.45, 2.75) is 18.4 Å². The summed E-state index contributed by atoms with van der Waals surface area (Å²) in [5.74, 6) is -2.53. The Morgan fingerprint density at radius 1 is 1.12 bits per heavy atom. The highest BCUT2D eigenvalue weighted by molar-refractivity contribution is 6.32. The zero-order chi connectivity index (χ0) is 24.4. The van der Waals surface area contributed by atoms with Crippen LogP contribution < -0.4 is 10.1 Å². The average molecular weight is 488 g/mol. The normalized spacial score (nSPS) is 17.0. The SMILES string of the molecule is FC(F)(F)c1ccc(Cl)c(O[C@@H](c2ccccc2)[C@@H]2CNCCO2)c1.O=C(O)/C=C/C(=O)O. The lowest BCUT2D eigenvalue weighted by Gasteiger charge is -2.32. The standard InChI is InChI=1S/C18H17ClF3NO2.C4H4O4/c19-14-7-6-13(18(20,21)22)10-15(14)25-17(12-4-2-1-3-5-12)16-11-23-8-9-24-16;5-3(6)1-2-4(7)8/h1-7,10,16-17,23H,8-9,11H2;1-2H,(H,5,6)(H,7,8)/b;2-1+/t16-,17-;/m0./s1. The van der Waals surface area contributed by atoms with E-state index in [4.69, 9.17) is 31.3 Å². The Labute approximate surface area is 192 Å². The number of ether oxygens (including phenoxy) is 2. The first-order chi connectivity index (χ1) is 15.6. The molecular weight excluding hydrogens is 467 g/mol. The van der Waals surface area contributed by atoms with E-state index in [1.165, 1.54) is 6.07 Å². The van der Waals surface area contributed by atoms with Gasteiger partial charge in [0.25, 0.3) is 0 Å². The Morgan fingerprint density at radius 3 is 2.27 bits per heavy atom. The molecule has 11 heteroatoms. The van der Waals surface area contributed by atoms with Crippen molar-refractivity contribution in [3.8, 4) is 5.75 Å². The van der Waals surface area contributed by atoms with Crippen LogP contribution in [0.3, 0.4) is 0 Å². The van der Waals surface area contributed by atoms with E-state index in [-0.39, 0.29) is 16.9 Å². The number of carboxylic acids is 2. The molecule has 3 rings (SSSR count). The molecule has 0 radical (unpaired) electrons. The van der Waals surface area contributed by atoms with E-state index in [1.807, 2.05) is 30.3 Å². The molecule has 1 aliphatic heterocycles. The molecule has 0 bridgehead atoms. The van der Waals surface area contributed by atoms with Gasteiger partial charge in [0.1, 0.15) is 11.9 Å². The van der Waals surface area contributed by atoms with Gasteiger partial charge < -0.3 is 25.0 Å². The van der Waals surface area contributed by atoms with Crippen LogP contribution in [0.2, 0.25) is 5.02 Å². The number of aliphatic carboxylic acids is 2. The van der Waals surface area contributed by atoms with Crippen LogP contribution in [0.4, 0.5) is 13.2 Å². The Hall–Kier alpha value is -3.08. The molecular formula is C22H21ClF3NO6. The van der Waals surface area contributed by atoms with Crippen LogP contribution in [0.25, 0.3) is 0 Å². The third-order valence-corrected chi connectivity index (χ3v) is 4.62. The van der Waals surface area contributed by atoms with Crippen molar-refractivity contribution in [1.29, 1.82) is 0 Å². The molecule has 0 aliphatic carbocycles. The zero-order valence-corrected chi connectivity index (χ0v) is 17.8. The van der Waals surface area contributed by atoms with E-state index in [9.17, 15) is 22.8 Å². The molecule has 0 aromatic heterocycles. The smallest absolute Gasteiger partial charge is 0.416 e. The number of carbonyl (C=O) groups is 2. The van der Waals surface area contributed by atoms with Gasteiger partial charge in [-0.15, -0.1) is 0 Å². The van der Waals surface area contributed by atoms with Gasteiger partial charge in [-0.1, -0.05) is 41.9 Å². The van der Waals surface area contributed by atoms with E-state index in [0.717, 1.165) is 24.2 Å². The molecule has 0 unspecified atom stereocenters. The Morgan fingerprint density at radius 2 is 1.76 bits per heavy atom. The number of hydrogen-bond donors (Lipinski definition) is 3. The molecule has 7 nitrogen and oxygen atoms in total. The first-order valence-corrected chi connectivity index (χ1v) is 10.0. The number of alkyl halides is 3. The highest BCUT2D eigenvalue weighted by Gasteiger charge is 2.33. The van der Waals surface area contributed by atoms with Crippen LogP contribution >= 0.6 is 11.6 Å². The maximum atomic E-state index is 13.0. The van der Waals surface area contributed by atoms with Crippen molar-refractivity contribution in [3.63, 3.8) is 0 Å². The summed E-state index contributed by atoms with van der Waals surface area (Å²) in [6, 6.07) is 12.3. The topological polar surface area (TPSA) is 105 Å². The summed E-state index contributed by atoms with van der Waals surface area (Å²) in [5, 5.41) is 19.0. The van der Waals surface area contributed by atoms with Gasteiger partial charge in [-0.25, -0.2) is 9.59 Å². The molecule has 0 spiro atoms. The lowest BCUT2D eigenvalue weighted by molar-refractivity contribution is -0.138. The fourth-order valence-electron chi connectivity index (χ4n) is 2.83. The number of rotatable bonds is 6. The number of morpholine rings is 1. The summed E-state index contributed by atoms with van der Waals surface area (Å²) >= 11 is 6.07. The third-order valence-electron chi connectivity index (χ3n) is 4.30. The van der Waals surface area contributed by atoms with E-state index >= 15 is 0 Å². The Balaban J connectivity index is 0.000000414. The van der Waals surface area contributed by atoms with E-state index in [0.29, 0.717) is 25.3 Å². The molecule has 1 heterocycles. The van der Waals surface area contributed by atoms with Gasteiger partial charge in [0.2, 0.25) is 0 Å². The molecule has 1 fully saturated rings. The predicted molar refractivity (Wildman–Crippen MR) is 113 cm³/mol. The summed E-state index contributed by atoms with van der Waals surface area (Å²) < 4.78 is 50.6. The summed E-state index contributed by atoms with van der Waals surface area (Å²) in [6.45, 7) is 1.77. The Bertz CT molecular complexity index is 946. The van der Waals surface area contributed by atoms with Gasteiger partial charge in [0, 0.05) is 25.2 Å². The number of hydrogen-bond acceptors (Lipinski definition) is 5. The highest BCUT2D eigenvalue weighted by atomic mass is 35.5. The molecule has 2 atom stereocenters. The molecule has 0 saturated carbocycles. The molecule has 2 aromatic carbocycles. The number of carboxylic acid groups (broad SMARTS) is 2. The molecule has 0 amide bonds. The molecule has 2 aromatic rings. The first-order valence-electron chi connectivity index (χ1n) is 9.62. The minimum atomic E-state index is -4.46. The molecule has 1 saturated heterocycles. The zero-order valence-electron chi connectivity index (χ0n) is 17.1. The van der Waals surface area contributed by atoms with Crippen molar-refractivity contribution < 1.29 is 42.4 Å². The second kappa shape index (κ2) is 12.2. The van der Waals surface area contributed by atoms with Crippen LogP contribution in [0, 0.1) is 0 Å². The van der Waals surface area contributed by atoms with E-state index in [2.05, 4.69) is 5.32 Å². The quantitative estimate of drug-likeness (QED) is 0.525. The van der Waals surface area contributed by atoms with Crippen molar-refractivity contribution >= 4 is 23.5 Å². The molecule has 33 heavy (non-hydrogen) atoms. The Kier molecular flexibility index (Phi) is 9.71. The lowest BCUT2D eigenvalue weighted by Crippen LogP contribution is -2.43. The number of halogens is 4. The second-order valence-electron chi connectivity index (χ2n) is 6.72. The van der Waals surface area contributed by atoms with Gasteiger partial charge in [0.15, 0.2) is 6.10 Å². The van der Waals surface area contributed by atoms with E-state index < -0.39 is 29.8 Å². The minimum absolute atomic E-state index is 0.0143. The van der Waals surface area contributed by atoms with Gasteiger partial charge in [0.05, 0.1) is 17.2 Å². The largest absolute Gasteiger partial charge is 0.481 e. The minimum Gasteiger partial charge on any atom is -0.481 e. The molecule has 1 aliphatic rings. The maximum Gasteiger partial charge on any atom is 0.416 e. The molecule has 3 N–H and O–H groups in total. The second-order valence-corrected chi connectivity index (χ2v) is 7.12. The summed E-state index contributed by atoms with van der Waals surface area (Å²) in [7, 11) is 0. The molecule has 178 valence electrons. The van der Waals surface area contributed by atoms with Crippen molar-refractivity contribution in [2.24, 2.45) is 0 Å². The fourth-order valence-corrected chi connectivity index (χ4v) is 2.99. The number of benzene rings is 2. The fraction of sp³-hybridized carbons (Fsp3) is 0.273. The predicted octanol–water partition coefficient (Wildman–Crippen LogP) is 4.18. The summed E-state index contributed by atoms with van der Waals surface area (Å²) in [4.78, 5) is 19.1. The van der Waals surface area contributed by atoms with Crippen molar-refractivity contribution in [1.82, 2.24) is 5.32 Å². The van der Waals surface area contributed by atoms with Crippen molar-refractivity contribution in [2.75, 3.05) is 19.7 Å². The van der Waals surface area contributed by atoms with Gasteiger partial charge in [-0.3, -0.25) is 0 Å². The van der Waals surface area contributed by atoms with Gasteiger partial charge in [-0.2, -0.15) is 13.2 Å². The third kappa shape index (κ3) is 8.76. The van der Waals surface area contributed by atoms with E-state index in [1.54, 1.807) is 0 Å². The highest BCUT2D eigenvalue weighted by Crippen LogP contribution is 2.37. The van der Waals surface area contributed by atoms with Crippen LogP contribution in [-0.4, -0.2) is 48.0 Å². The van der Waals surface area contributed by atoms with Crippen LogP contribution in [0.1, 0.15) is 17.2 Å². The van der Waals surface area contributed by atoms with Crippen LogP contribution in [0.5, 0.6) is 5.75 Å². The summed E-state index contributed by atoms with van der Waals surface area (Å²) in [6.07, 6.45) is -4.25. The van der Waals surface area contributed by atoms with Crippen molar-refractivity contribution in [3.05, 3.63) is 76.8 Å². The average Bonchev–Trinajstić information content (AvgIpc) is 2.78. The van der Waals surface area contributed by atoms with Crippen LogP contribution in [-0.2, 0) is 20.5 Å². The lowest BCUT2D eigenvalue weighted by atomic mass is 10.0. The van der Waals surface area contributed by atoms with Gasteiger partial charge in [-0.05, 0) is 23.8 Å².